The van der Waals surface area contributed by atoms with Crippen molar-refractivity contribution in [3.05, 3.63) is 29.8 Å². The number of rotatable bonds is 3. The summed E-state index contributed by atoms with van der Waals surface area (Å²) >= 11 is 0. The minimum Gasteiger partial charge on any atom is -0.480 e. The molecule has 1 unspecified atom stereocenters. The molecule has 0 fully saturated rings. The first-order valence-corrected chi connectivity index (χ1v) is 4.88. The highest BCUT2D eigenvalue weighted by Crippen LogP contribution is 2.37. The fourth-order valence-corrected chi connectivity index (χ4v) is 1.78. The van der Waals surface area contributed by atoms with Gasteiger partial charge in [0.25, 0.3) is 0 Å². The second kappa shape index (κ2) is 3.70. The Hall–Kier alpha value is -1.72. The van der Waals surface area contributed by atoms with Crippen LogP contribution in [0.15, 0.2) is 29.3 Å². The van der Waals surface area contributed by atoms with Gasteiger partial charge in [-0.25, -0.2) is 0 Å². The molecule has 1 aliphatic rings. The average Bonchev–Trinajstić information content (AvgIpc) is 2.57. The number of aliphatic hydroxyl groups is 1. The second-order valence-corrected chi connectivity index (χ2v) is 3.85. The van der Waals surface area contributed by atoms with Gasteiger partial charge in [-0.05, 0) is 6.07 Å². The second-order valence-electron chi connectivity index (χ2n) is 3.85. The van der Waals surface area contributed by atoms with Crippen molar-refractivity contribution in [1.82, 2.24) is 0 Å². The number of carbonyl (C=O) groups is 1. The molecular weight excluding hydrogens is 208 g/mol. The summed E-state index contributed by atoms with van der Waals surface area (Å²) in [4.78, 5) is 14.7. The third-order valence-corrected chi connectivity index (χ3v) is 2.64. The standard InChI is InChI=1S/C11H12N2O3/c12-8(10(14)15)5-11(16)6-13-9-4-2-1-3-7(9)11/h1-4,6,8,16H,5,12H2,(H,14,15)/t8-,11?/m0/s1. The van der Waals surface area contributed by atoms with E-state index in [2.05, 4.69) is 4.99 Å². The van der Waals surface area contributed by atoms with Gasteiger partial charge >= 0.3 is 5.97 Å². The summed E-state index contributed by atoms with van der Waals surface area (Å²) in [5, 5.41) is 19.0. The smallest absolute Gasteiger partial charge is 0.320 e. The molecule has 1 aromatic rings. The van der Waals surface area contributed by atoms with Crippen molar-refractivity contribution in [2.24, 2.45) is 10.7 Å². The zero-order chi connectivity index (χ0) is 11.8. The summed E-state index contributed by atoms with van der Waals surface area (Å²) < 4.78 is 0. The van der Waals surface area contributed by atoms with Crippen LogP contribution < -0.4 is 5.73 Å². The molecular formula is C11H12N2O3. The minimum atomic E-state index is -1.37. The molecule has 0 spiro atoms. The van der Waals surface area contributed by atoms with E-state index < -0.39 is 17.6 Å². The molecule has 0 radical (unpaired) electrons. The maximum Gasteiger partial charge on any atom is 0.320 e. The summed E-state index contributed by atoms with van der Waals surface area (Å²) in [5.41, 5.74) is 5.31. The summed E-state index contributed by atoms with van der Waals surface area (Å²) in [6, 6.07) is 5.94. The topological polar surface area (TPSA) is 95.9 Å². The molecule has 1 aromatic carbocycles. The molecule has 5 heteroatoms. The Morgan fingerprint density at radius 1 is 1.50 bits per heavy atom. The molecule has 0 amide bonds. The molecule has 0 aromatic heterocycles. The Morgan fingerprint density at radius 2 is 2.19 bits per heavy atom. The number of fused-ring (bicyclic) bond motifs is 1. The number of para-hydroxylation sites is 1. The van der Waals surface area contributed by atoms with Crippen molar-refractivity contribution < 1.29 is 15.0 Å². The lowest BCUT2D eigenvalue weighted by Crippen LogP contribution is -2.39. The van der Waals surface area contributed by atoms with Crippen LogP contribution in [0, 0.1) is 0 Å². The fourth-order valence-electron chi connectivity index (χ4n) is 1.78. The van der Waals surface area contributed by atoms with Crippen LogP contribution >= 0.6 is 0 Å². The molecule has 0 bridgehead atoms. The van der Waals surface area contributed by atoms with Crippen molar-refractivity contribution >= 4 is 17.9 Å². The lowest BCUT2D eigenvalue weighted by molar-refractivity contribution is -0.139. The van der Waals surface area contributed by atoms with Gasteiger partial charge < -0.3 is 15.9 Å². The molecule has 1 heterocycles. The highest BCUT2D eigenvalue weighted by molar-refractivity contribution is 5.84. The van der Waals surface area contributed by atoms with E-state index in [1.54, 1.807) is 24.3 Å². The van der Waals surface area contributed by atoms with Gasteiger partial charge in [0.15, 0.2) is 0 Å². The Kier molecular flexibility index (Phi) is 2.49. The first-order chi connectivity index (χ1) is 7.53. The maximum atomic E-state index is 10.7. The van der Waals surface area contributed by atoms with Crippen LogP contribution in [-0.2, 0) is 10.4 Å². The molecule has 2 rings (SSSR count). The molecule has 2 atom stereocenters. The Balaban J connectivity index is 2.29. The van der Waals surface area contributed by atoms with Crippen molar-refractivity contribution in [1.29, 1.82) is 0 Å². The predicted molar refractivity (Wildman–Crippen MR) is 58.7 cm³/mol. The number of carboxylic acids is 1. The first kappa shape index (κ1) is 10.8. The predicted octanol–water partition coefficient (Wildman–Crippen LogP) is 0.392. The zero-order valence-corrected chi connectivity index (χ0v) is 8.50. The lowest BCUT2D eigenvalue weighted by atomic mass is 9.89. The molecule has 84 valence electrons. The summed E-state index contributed by atoms with van der Waals surface area (Å²) in [7, 11) is 0. The normalized spacial score (nSPS) is 24.1. The molecule has 0 aliphatic carbocycles. The summed E-state index contributed by atoms with van der Waals surface area (Å²) in [6.45, 7) is 0. The van der Waals surface area contributed by atoms with Crippen molar-refractivity contribution in [3.8, 4) is 0 Å². The number of aliphatic carboxylic acids is 1. The van der Waals surface area contributed by atoms with Crippen molar-refractivity contribution in [2.75, 3.05) is 0 Å². The van der Waals surface area contributed by atoms with Crippen LogP contribution in [-0.4, -0.2) is 28.4 Å². The van der Waals surface area contributed by atoms with E-state index >= 15 is 0 Å². The largest absolute Gasteiger partial charge is 0.480 e. The molecule has 0 saturated carbocycles. The third kappa shape index (κ3) is 1.70. The van der Waals surface area contributed by atoms with E-state index in [-0.39, 0.29) is 6.42 Å². The van der Waals surface area contributed by atoms with E-state index in [0.29, 0.717) is 11.3 Å². The number of hydrogen-bond donors (Lipinski definition) is 3. The van der Waals surface area contributed by atoms with Crippen LogP contribution in [0.5, 0.6) is 0 Å². The van der Waals surface area contributed by atoms with Gasteiger partial charge in [0.2, 0.25) is 0 Å². The van der Waals surface area contributed by atoms with Gasteiger partial charge in [0.1, 0.15) is 11.6 Å². The molecule has 4 N–H and O–H groups in total. The number of carboxylic acid groups (broad SMARTS) is 1. The summed E-state index contributed by atoms with van der Waals surface area (Å²) in [5.74, 6) is -1.13. The molecule has 5 nitrogen and oxygen atoms in total. The van der Waals surface area contributed by atoms with Gasteiger partial charge in [-0.2, -0.15) is 0 Å². The van der Waals surface area contributed by atoms with Crippen molar-refractivity contribution in [3.63, 3.8) is 0 Å². The van der Waals surface area contributed by atoms with E-state index in [1.807, 2.05) is 0 Å². The van der Waals surface area contributed by atoms with Gasteiger partial charge in [-0.3, -0.25) is 9.79 Å². The maximum absolute atomic E-state index is 10.7. The highest BCUT2D eigenvalue weighted by Gasteiger charge is 2.37. The Morgan fingerprint density at radius 3 is 2.88 bits per heavy atom. The van der Waals surface area contributed by atoms with E-state index in [0.717, 1.165) is 0 Å². The quantitative estimate of drug-likeness (QED) is 0.686. The zero-order valence-electron chi connectivity index (χ0n) is 8.50. The van der Waals surface area contributed by atoms with E-state index in [4.69, 9.17) is 10.8 Å². The highest BCUT2D eigenvalue weighted by atomic mass is 16.4. The number of benzene rings is 1. The van der Waals surface area contributed by atoms with Gasteiger partial charge in [0, 0.05) is 18.2 Å². The number of hydrogen-bond acceptors (Lipinski definition) is 4. The average molecular weight is 220 g/mol. The van der Waals surface area contributed by atoms with Crippen LogP contribution in [0.3, 0.4) is 0 Å². The Labute approximate surface area is 92.2 Å². The molecule has 1 aliphatic heterocycles. The van der Waals surface area contributed by atoms with Crippen LogP contribution in [0.1, 0.15) is 12.0 Å². The fraction of sp³-hybridized carbons (Fsp3) is 0.273. The minimum absolute atomic E-state index is 0.0805. The number of aliphatic imine (C=N–C) groups is 1. The first-order valence-electron chi connectivity index (χ1n) is 4.88. The third-order valence-electron chi connectivity index (χ3n) is 2.64. The van der Waals surface area contributed by atoms with Crippen LogP contribution in [0.2, 0.25) is 0 Å². The number of nitrogens with two attached hydrogens (primary N) is 1. The summed E-state index contributed by atoms with van der Waals surface area (Å²) in [6.07, 6.45) is 1.27. The SMILES string of the molecule is N[C@@H](CC1(O)C=Nc2ccccc21)C(=O)O. The molecule has 0 saturated heterocycles. The van der Waals surface area contributed by atoms with Gasteiger partial charge in [-0.15, -0.1) is 0 Å². The van der Waals surface area contributed by atoms with Crippen molar-refractivity contribution in [2.45, 2.75) is 18.1 Å². The molecule has 16 heavy (non-hydrogen) atoms. The van der Waals surface area contributed by atoms with Gasteiger partial charge in [-0.1, -0.05) is 18.2 Å². The lowest BCUT2D eigenvalue weighted by Gasteiger charge is -2.22. The number of nitrogens with zero attached hydrogens (tertiary/aromatic N) is 1. The van der Waals surface area contributed by atoms with Crippen LogP contribution in [0.4, 0.5) is 5.69 Å². The Bertz CT molecular complexity index is 458. The van der Waals surface area contributed by atoms with Gasteiger partial charge in [0.05, 0.1) is 5.69 Å². The van der Waals surface area contributed by atoms with Crippen LogP contribution in [0.25, 0.3) is 0 Å². The monoisotopic (exact) mass is 220 g/mol. The van der Waals surface area contributed by atoms with E-state index in [1.165, 1.54) is 6.21 Å². The van der Waals surface area contributed by atoms with E-state index in [9.17, 15) is 9.90 Å².